The third-order valence-electron chi connectivity index (χ3n) is 6.05. The Morgan fingerprint density at radius 1 is 1.07 bits per heavy atom. The highest BCUT2D eigenvalue weighted by Crippen LogP contribution is 2.33. The second-order valence-electron chi connectivity index (χ2n) is 8.01. The van der Waals surface area contributed by atoms with Crippen LogP contribution in [0.4, 0.5) is 5.69 Å². The summed E-state index contributed by atoms with van der Waals surface area (Å²) in [5.74, 6) is 2.86. The van der Waals surface area contributed by atoms with Gasteiger partial charge < -0.3 is 14.6 Å². The van der Waals surface area contributed by atoms with Crippen LogP contribution in [0.2, 0.25) is 0 Å². The lowest BCUT2D eigenvalue weighted by atomic mass is 9.89. The number of likely N-dealkylation sites (tertiary alicyclic amines) is 1. The zero-order valence-corrected chi connectivity index (χ0v) is 16.9. The molecule has 3 aromatic rings. The maximum absolute atomic E-state index is 12.8. The van der Waals surface area contributed by atoms with Gasteiger partial charge in [0, 0.05) is 50.7 Å². The molecule has 1 amide bonds. The van der Waals surface area contributed by atoms with Crippen molar-refractivity contribution < 1.29 is 9.53 Å². The molecule has 0 radical (unpaired) electrons. The Morgan fingerprint density at radius 2 is 1.83 bits per heavy atom. The average molecular weight is 404 g/mol. The van der Waals surface area contributed by atoms with Gasteiger partial charge in [0.05, 0.1) is 7.11 Å². The van der Waals surface area contributed by atoms with Gasteiger partial charge in [-0.3, -0.25) is 14.7 Å². The summed E-state index contributed by atoms with van der Waals surface area (Å²) < 4.78 is 7.16. The number of rotatable bonds is 5. The van der Waals surface area contributed by atoms with E-state index in [9.17, 15) is 4.79 Å². The normalized spacial score (nSPS) is 20.4. The average Bonchev–Trinajstić information content (AvgIpc) is 3.35. The molecule has 2 aromatic heterocycles. The molecule has 0 aliphatic carbocycles. The first-order valence-corrected chi connectivity index (χ1v) is 10.2. The van der Waals surface area contributed by atoms with Crippen LogP contribution < -0.4 is 10.1 Å². The van der Waals surface area contributed by atoms with E-state index in [1.54, 1.807) is 7.11 Å². The van der Waals surface area contributed by atoms with Crippen LogP contribution in [0.25, 0.3) is 0 Å². The molecular weight excluding hydrogens is 380 g/mol. The van der Waals surface area contributed by atoms with Crippen molar-refractivity contribution in [2.24, 2.45) is 11.8 Å². The van der Waals surface area contributed by atoms with Crippen molar-refractivity contribution in [1.82, 2.24) is 24.6 Å². The van der Waals surface area contributed by atoms with Crippen molar-refractivity contribution in [3.8, 4) is 5.75 Å². The van der Waals surface area contributed by atoms with Gasteiger partial charge in [0.25, 0.3) is 5.91 Å². The van der Waals surface area contributed by atoms with Crippen LogP contribution in [-0.2, 0) is 19.5 Å². The fourth-order valence-electron chi connectivity index (χ4n) is 4.53. The van der Waals surface area contributed by atoms with E-state index in [0.717, 1.165) is 44.2 Å². The fraction of sp³-hybridized carbons (Fsp3) is 0.364. The van der Waals surface area contributed by atoms with Crippen molar-refractivity contribution in [1.29, 1.82) is 0 Å². The number of pyridine rings is 1. The minimum atomic E-state index is -0.232. The standard InChI is InChI=1S/C22H24N6O2/c1-30-19-4-2-18(3-5-19)24-22(29)21-26-25-20-10-16-12-27(13-17(16)14-28(20)21)11-15-6-8-23-9-7-15/h2-9,16-17H,10-14H2,1H3,(H,24,29). The molecular formula is C22H24N6O2. The summed E-state index contributed by atoms with van der Waals surface area (Å²) >= 11 is 0. The summed E-state index contributed by atoms with van der Waals surface area (Å²) in [4.78, 5) is 19.4. The van der Waals surface area contributed by atoms with Crippen molar-refractivity contribution in [2.45, 2.75) is 19.5 Å². The Balaban J connectivity index is 1.26. The Morgan fingerprint density at radius 3 is 2.60 bits per heavy atom. The van der Waals surface area contributed by atoms with Gasteiger partial charge in [-0.15, -0.1) is 10.2 Å². The maximum Gasteiger partial charge on any atom is 0.293 e. The number of anilines is 1. The molecule has 4 heterocycles. The quantitative estimate of drug-likeness (QED) is 0.702. The molecule has 2 unspecified atom stereocenters. The first-order valence-electron chi connectivity index (χ1n) is 10.2. The zero-order chi connectivity index (χ0) is 20.5. The molecule has 0 spiro atoms. The lowest BCUT2D eigenvalue weighted by molar-refractivity contribution is 0.100. The zero-order valence-electron chi connectivity index (χ0n) is 16.9. The Bertz CT molecular complexity index is 1030. The summed E-state index contributed by atoms with van der Waals surface area (Å²) in [6.45, 7) is 3.78. The van der Waals surface area contributed by atoms with Crippen LogP contribution in [0.1, 0.15) is 22.0 Å². The number of nitrogens with zero attached hydrogens (tertiary/aromatic N) is 5. The number of carbonyl (C=O) groups is 1. The lowest BCUT2D eigenvalue weighted by Crippen LogP contribution is -2.31. The summed E-state index contributed by atoms with van der Waals surface area (Å²) in [5, 5.41) is 11.4. The van der Waals surface area contributed by atoms with Crippen LogP contribution in [0, 0.1) is 11.8 Å². The Kier molecular flexibility index (Phi) is 4.92. The highest BCUT2D eigenvalue weighted by atomic mass is 16.5. The van der Waals surface area contributed by atoms with E-state index in [1.165, 1.54) is 5.56 Å². The van der Waals surface area contributed by atoms with Crippen LogP contribution in [0.3, 0.4) is 0 Å². The molecule has 0 saturated carbocycles. The van der Waals surface area contributed by atoms with Crippen molar-refractivity contribution in [3.05, 3.63) is 66.0 Å². The van der Waals surface area contributed by atoms with Gasteiger partial charge in [0.2, 0.25) is 5.82 Å². The highest BCUT2D eigenvalue weighted by molar-refractivity contribution is 6.01. The minimum absolute atomic E-state index is 0.232. The number of methoxy groups -OCH3 is 1. The van der Waals surface area contributed by atoms with Gasteiger partial charge in [0.15, 0.2) is 0 Å². The largest absolute Gasteiger partial charge is 0.497 e. The topological polar surface area (TPSA) is 85.2 Å². The fourth-order valence-corrected chi connectivity index (χ4v) is 4.53. The third kappa shape index (κ3) is 3.66. The van der Waals surface area contributed by atoms with Crippen LogP contribution in [-0.4, -0.2) is 50.8 Å². The van der Waals surface area contributed by atoms with Crippen molar-refractivity contribution in [3.63, 3.8) is 0 Å². The van der Waals surface area contributed by atoms with E-state index in [2.05, 4.69) is 37.5 Å². The van der Waals surface area contributed by atoms with Gasteiger partial charge in [-0.05, 0) is 53.8 Å². The van der Waals surface area contributed by atoms with Crippen LogP contribution >= 0.6 is 0 Å². The number of fused-ring (bicyclic) bond motifs is 2. The molecule has 5 rings (SSSR count). The Hall–Kier alpha value is -3.26. The Labute approximate surface area is 174 Å². The monoisotopic (exact) mass is 404 g/mol. The molecule has 1 aromatic carbocycles. The van der Waals surface area contributed by atoms with Gasteiger partial charge in [-0.25, -0.2) is 0 Å². The predicted octanol–water partition coefficient (Wildman–Crippen LogP) is 2.24. The molecule has 1 fully saturated rings. The van der Waals surface area contributed by atoms with Gasteiger partial charge in [-0.2, -0.15) is 0 Å². The summed E-state index contributed by atoms with van der Waals surface area (Å²) in [7, 11) is 1.62. The molecule has 1 N–H and O–H groups in total. The van der Waals surface area contributed by atoms with Gasteiger partial charge >= 0.3 is 0 Å². The molecule has 8 nitrogen and oxygen atoms in total. The maximum atomic E-state index is 12.8. The molecule has 154 valence electrons. The van der Waals surface area contributed by atoms with E-state index < -0.39 is 0 Å². The summed E-state index contributed by atoms with van der Waals surface area (Å²) in [6, 6.07) is 11.4. The summed E-state index contributed by atoms with van der Waals surface area (Å²) in [6.07, 6.45) is 4.54. The SMILES string of the molecule is COc1ccc(NC(=O)c2nnc3n2CC2CN(Cc4ccncc4)CC2C3)cc1. The van der Waals surface area contributed by atoms with Crippen molar-refractivity contribution >= 4 is 11.6 Å². The number of ether oxygens (including phenoxy) is 1. The van der Waals surface area contributed by atoms with E-state index in [0.29, 0.717) is 23.3 Å². The molecule has 8 heteroatoms. The molecule has 1 saturated heterocycles. The second-order valence-corrected chi connectivity index (χ2v) is 8.01. The predicted molar refractivity (Wildman–Crippen MR) is 111 cm³/mol. The number of hydrogen-bond acceptors (Lipinski definition) is 6. The molecule has 2 aliphatic rings. The molecule has 0 bridgehead atoms. The number of amides is 1. The smallest absolute Gasteiger partial charge is 0.293 e. The number of carbonyl (C=O) groups excluding carboxylic acids is 1. The van der Waals surface area contributed by atoms with E-state index in [4.69, 9.17) is 4.74 Å². The first kappa shape index (κ1) is 18.7. The van der Waals surface area contributed by atoms with Crippen LogP contribution in [0.5, 0.6) is 5.75 Å². The van der Waals surface area contributed by atoms with E-state index >= 15 is 0 Å². The highest BCUT2D eigenvalue weighted by Gasteiger charge is 2.39. The number of hydrogen-bond donors (Lipinski definition) is 1. The van der Waals surface area contributed by atoms with Crippen molar-refractivity contribution in [2.75, 3.05) is 25.5 Å². The first-order chi connectivity index (χ1) is 14.7. The summed E-state index contributed by atoms with van der Waals surface area (Å²) in [5.41, 5.74) is 1.99. The van der Waals surface area contributed by atoms with Crippen LogP contribution in [0.15, 0.2) is 48.8 Å². The van der Waals surface area contributed by atoms with Gasteiger partial charge in [0.1, 0.15) is 11.6 Å². The van der Waals surface area contributed by atoms with E-state index in [-0.39, 0.29) is 5.91 Å². The van der Waals surface area contributed by atoms with E-state index in [1.807, 2.05) is 41.2 Å². The third-order valence-corrected chi connectivity index (χ3v) is 6.05. The number of aromatic nitrogens is 4. The minimum Gasteiger partial charge on any atom is -0.497 e. The van der Waals surface area contributed by atoms with Gasteiger partial charge in [-0.1, -0.05) is 0 Å². The lowest BCUT2D eigenvalue weighted by Gasteiger charge is -2.25. The number of benzene rings is 1. The molecule has 30 heavy (non-hydrogen) atoms. The molecule has 2 aliphatic heterocycles. The number of nitrogens with one attached hydrogen (secondary N) is 1. The second kappa shape index (κ2) is 7.87. The molecule has 2 atom stereocenters.